The van der Waals surface area contributed by atoms with Crippen molar-refractivity contribution in [3.63, 3.8) is 0 Å². The van der Waals surface area contributed by atoms with Gasteiger partial charge < -0.3 is 10.1 Å². The molecule has 0 bridgehead atoms. The number of hydrogen-bond donors (Lipinski definition) is 1. The first-order chi connectivity index (χ1) is 14.7. The van der Waals surface area contributed by atoms with E-state index in [2.05, 4.69) is 15.2 Å². The minimum Gasteiger partial charge on any atom is -0.461 e. The third-order valence-corrected chi connectivity index (χ3v) is 5.70. The zero-order valence-electron chi connectivity index (χ0n) is 16.9. The lowest BCUT2D eigenvalue weighted by molar-refractivity contribution is 0.0464. The number of hydrogen-bond acceptors (Lipinski definition) is 5. The van der Waals surface area contributed by atoms with Gasteiger partial charge in [-0.25, -0.2) is 4.79 Å². The fraction of sp³-hybridized carbons (Fsp3) is 0.333. The molecule has 0 unspecified atom stereocenters. The summed E-state index contributed by atoms with van der Waals surface area (Å²) >= 11 is 6.09. The smallest absolute Gasteiger partial charge is 0.340 e. The van der Waals surface area contributed by atoms with Crippen molar-refractivity contribution in [2.75, 3.05) is 31.6 Å². The summed E-state index contributed by atoms with van der Waals surface area (Å²) < 4.78 is 5.60. The van der Waals surface area contributed by atoms with Crippen LogP contribution >= 0.6 is 11.6 Å². The number of esters is 1. The summed E-state index contributed by atoms with van der Waals surface area (Å²) in [7, 11) is 0. The first-order valence-corrected chi connectivity index (χ1v) is 10.9. The molecule has 3 aromatic rings. The van der Waals surface area contributed by atoms with Crippen molar-refractivity contribution in [1.82, 2.24) is 9.88 Å². The number of rotatable bonds is 6. The van der Waals surface area contributed by atoms with Crippen molar-refractivity contribution in [2.45, 2.75) is 25.7 Å². The van der Waals surface area contributed by atoms with Crippen LogP contribution in [0.25, 0.3) is 10.9 Å². The summed E-state index contributed by atoms with van der Waals surface area (Å²) in [6, 6.07) is 14.9. The fourth-order valence-electron chi connectivity index (χ4n) is 3.85. The van der Waals surface area contributed by atoms with Crippen LogP contribution in [0.5, 0.6) is 0 Å². The van der Waals surface area contributed by atoms with Crippen molar-refractivity contribution in [1.29, 1.82) is 0 Å². The Balaban J connectivity index is 1.45. The third-order valence-electron chi connectivity index (χ3n) is 5.46. The Kier molecular flexibility index (Phi) is 6.82. The van der Waals surface area contributed by atoms with E-state index in [9.17, 15) is 4.79 Å². The predicted molar refractivity (Wildman–Crippen MR) is 122 cm³/mol. The lowest BCUT2D eigenvalue weighted by atomic mass is 10.1. The Labute approximate surface area is 182 Å². The molecule has 1 aliphatic rings. The number of ether oxygens (including phenoxy) is 1. The number of carbonyl (C=O) groups excluding carboxylic acids is 1. The Morgan fingerprint density at radius 2 is 1.83 bits per heavy atom. The molecule has 1 fully saturated rings. The number of pyridine rings is 1. The molecule has 1 aromatic heterocycles. The standard InChI is InChI=1S/C24H26ClN3O2/c25-18-9-10-19-22(11-12-26-23(19)17-18)27-21-8-4-3-7-20(21)24(29)30-16-15-28-13-5-1-2-6-14-28/h3-4,7-12,17H,1-2,5-6,13-16H2,(H,26,27). The lowest BCUT2D eigenvalue weighted by Gasteiger charge is -2.19. The number of fused-ring (bicyclic) bond motifs is 1. The molecule has 0 radical (unpaired) electrons. The number of anilines is 2. The van der Waals surface area contributed by atoms with E-state index in [1.807, 2.05) is 42.5 Å². The predicted octanol–water partition coefficient (Wildman–Crippen LogP) is 5.66. The Morgan fingerprint density at radius 3 is 2.67 bits per heavy atom. The van der Waals surface area contributed by atoms with Crippen LogP contribution < -0.4 is 5.32 Å². The highest BCUT2D eigenvalue weighted by molar-refractivity contribution is 6.31. The summed E-state index contributed by atoms with van der Waals surface area (Å²) in [5.74, 6) is -0.311. The lowest BCUT2D eigenvalue weighted by Crippen LogP contribution is -2.29. The van der Waals surface area contributed by atoms with Crippen molar-refractivity contribution >= 4 is 39.8 Å². The fourth-order valence-corrected chi connectivity index (χ4v) is 4.02. The van der Waals surface area contributed by atoms with Gasteiger partial charge in [-0.3, -0.25) is 9.88 Å². The van der Waals surface area contributed by atoms with Crippen LogP contribution in [-0.4, -0.2) is 42.1 Å². The number of benzene rings is 2. The minimum atomic E-state index is -0.311. The molecule has 0 saturated carbocycles. The summed E-state index contributed by atoms with van der Waals surface area (Å²) in [5, 5.41) is 4.95. The average Bonchev–Trinajstić information content (AvgIpc) is 3.03. The molecule has 2 aromatic carbocycles. The SMILES string of the molecule is O=C(OCCN1CCCCCC1)c1ccccc1Nc1ccnc2cc(Cl)ccc12. The molecule has 1 saturated heterocycles. The third kappa shape index (κ3) is 5.10. The summed E-state index contributed by atoms with van der Waals surface area (Å²) in [4.78, 5) is 19.5. The molecular formula is C24H26ClN3O2. The highest BCUT2D eigenvalue weighted by Gasteiger charge is 2.15. The monoisotopic (exact) mass is 423 g/mol. The maximum Gasteiger partial charge on any atom is 0.340 e. The van der Waals surface area contributed by atoms with Gasteiger partial charge in [-0.05, 0) is 62.3 Å². The molecule has 4 rings (SSSR count). The van der Waals surface area contributed by atoms with Gasteiger partial charge in [0.2, 0.25) is 0 Å². The molecule has 6 heteroatoms. The molecule has 0 amide bonds. The molecule has 5 nitrogen and oxygen atoms in total. The van der Waals surface area contributed by atoms with Crippen LogP contribution in [0.1, 0.15) is 36.0 Å². The van der Waals surface area contributed by atoms with Gasteiger partial charge >= 0.3 is 5.97 Å². The highest BCUT2D eigenvalue weighted by Crippen LogP contribution is 2.28. The minimum absolute atomic E-state index is 0.311. The Morgan fingerprint density at radius 1 is 1.03 bits per heavy atom. The number of halogens is 1. The van der Waals surface area contributed by atoms with Crippen molar-refractivity contribution in [3.8, 4) is 0 Å². The van der Waals surface area contributed by atoms with Crippen LogP contribution in [-0.2, 0) is 4.74 Å². The van der Waals surface area contributed by atoms with E-state index < -0.39 is 0 Å². The van der Waals surface area contributed by atoms with Gasteiger partial charge in [-0.2, -0.15) is 0 Å². The Hall–Kier alpha value is -2.63. The second-order valence-electron chi connectivity index (χ2n) is 7.58. The molecule has 156 valence electrons. The van der Waals surface area contributed by atoms with Crippen LogP contribution in [0, 0.1) is 0 Å². The van der Waals surface area contributed by atoms with Crippen molar-refractivity contribution < 1.29 is 9.53 Å². The van der Waals surface area contributed by atoms with E-state index in [4.69, 9.17) is 16.3 Å². The number of aromatic nitrogens is 1. The molecule has 2 heterocycles. The molecule has 30 heavy (non-hydrogen) atoms. The van der Waals surface area contributed by atoms with Gasteiger partial charge in [-0.15, -0.1) is 0 Å². The number of carbonyl (C=O) groups is 1. The van der Waals surface area contributed by atoms with Gasteiger partial charge in [0.15, 0.2) is 0 Å². The quantitative estimate of drug-likeness (QED) is 0.518. The van der Waals surface area contributed by atoms with Crippen molar-refractivity contribution in [2.24, 2.45) is 0 Å². The number of nitrogens with one attached hydrogen (secondary N) is 1. The largest absolute Gasteiger partial charge is 0.461 e. The molecule has 0 aliphatic carbocycles. The van der Waals surface area contributed by atoms with E-state index in [1.165, 1.54) is 25.7 Å². The van der Waals surface area contributed by atoms with E-state index in [0.29, 0.717) is 22.9 Å². The molecule has 1 aliphatic heterocycles. The summed E-state index contributed by atoms with van der Waals surface area (Å²) in [6.07, 6.45) is 6.77. The number of likely N-dealkylation sites (tertiary alicyclic amines) is 1. The van der Waals surface area contributed by atoms with Crippen molar-refractivity contribution in [3.05, 3.63) is 65.3 Å². The maximum atomic E-state index is 12.8. The number of nitrogens with zero attached hydrogens (tertiary/aromatic N) is 2. The highest BCUT2D eigenvalue weighted by atomic mass is 35.5. The van der Waals surface area contributed by atoms with Crippen LogP contribution in [0.4, 0.5) is 11.4 Å². The van der Waals surface area contributed by atoms with Crippen LogP contribution in [0.15, 0.2) is 54.7 Å². The topological polar surface area (TPSA) is 54.5 Å². The summed E-state index contributed by atoms with van der Waals surface area (Å²) in [5.41, 5.74) is 2.89. The van der Waals surface area contributed by atoms with Gasteiger partial charge in [0.1, 0.15) is 6.61 Å². The zero-order valence-corrected chi connectivity index (χ0v) is 17.7. The van der Waals surface area contributed by atoms with E-state index in [-0.39, 0.29) is 5.97 Å². The van der Waals surface area contributed by atoms with Gasteiger partial charge in [0.25, 0.3) is 0 Å². The molecule has 0 atom stereocenters. The van der Waals surface area contributed by atoms with Crippen LogP contribution in [0.2, 0.25) is 5.02 Å². The van der Waals surface area contributed by atoms with Gasteiger partial charge in [0.05, 0.1) is 16.8 Å². The molecule has 0 spiro atoms. The summed E-state index contributed by atoms with van der Waals surface area (Å²) in [6.45, 7) is 3.38. The average molecular weight is 424 g/mol. The van der Waals surface area contributed by atoms with E-state index >= 15 is 0 Å². The second kappa shape index (κ2) is 9.92. The molecule has 1 N–H and O–H groups in total. The van der Waals surface area contributed by atoms with Gasteiger partial charge in [0, 0.05) is 28.8 Å². The van der Waals surface area contributed by atoms with Crippen LogP contribution in [0.3, 0.4) is 0 Å². The maximum absolute atomic E-state index is 12.8. The Bertz CT molecular complexity index is 1020. The normalized spacial score (nSPS) is 15.0. The second-order valence-corrected chi connectivity index (χ2v) is 8.02. The first kappa shape index (κ1) is 20.6. The molecular weight excluding hydrogens is 398 g/mol. The first-order valence-electron chi connectivity index (χ1n) is 10.5. The van der Waals surface area contributed by atoms with Gasteiger partial charge in [-0.1, -0.05) is 36.6 Å². The van der Waals surface area contributed by atoms with E-state index in [0.717, 1.165) is 36.2 Å². The number of para-hydroxylation sites is 1. The van der Waals surface area contributed by atoms with E-state index in [1.54, 1.807) is 12.3 Å². The zero-order chi connectivity index (χ0) is 20.8.